The Morgan fingerprint density at radius 1 is 0.967 bits per heavy atom. The van der Waals surface area contributed by atoms with Gasteiger partial charge in [0.15, 0.2) is 11.5 Å². The van der Waals surface area contributed by atoms with Crippen LogP contribution in [0.1, 0.15) is 34.2 Å². The van der Waals surface area contributed by atoms with Crippen molar-refractivity contribution in [3.05, 3.63) is 93.0 Å². The minimum atomic E-state index is -0.326. The number of benzene rings is 3. The Labute approximate surface area is 174 Å². The van der Waals surface area contributed by atoms with Crippen LogP contribution in [0.4, 0.5) is 11.4 Å². The van der Waals surface area contributed by atoms with Crippen LogP contribution in [0.3, 0.4) is 0 Å². The van der Waals surface area contributed by atoms with E-state index in [-0.39, 0.29) is 28.5 Å². The Morgan fingerprint density at radius 3 is 2.53 bits per heavy atom. The van der Waals surface area contributed by atoms with Gasteiger partial charge in [0.25, 0.3) is 5.69 Å². The van der Waals surface area contributed by atoms with Crippen molar-refractivity contribution >= 4 is 11.4 Å². The summed E-state index contributed by atoms with van der Waals surface area (Å²) in [5, 5.41) is 15.1. The highest BCUT2D eigenvalue weighted by molar-refractivity contribution is 5.66. The Kier molecular flexibility index (Phi) is 4.35. The van der Waals surface area contributed by atoms with Crippen molar-refractivity contribution in [1.29, 1.82) is 0 Å². The van der Waals surface area contributed by atoms with Crippen molar-refractivity contribution < 1.29 is 14.4 Å². The molecule has 0 fully saturated rings. The Balaban J connectivity index is 1.70. The van der Waals surface area contributed by atoms with Gasteiger partial charge in [-0.2, -0.15) is 0 Å². The van der Waals surface area contributed by atoms with Gasteiger partial charge in [0.05, 0.1) is 25.2 Å². The first-order valence-electron chi connectivity index (χ1n) is 9.96. The van der Waals surface area contributed by atoms with Crippen LogP contribution in [-0.2, 0) is 6.42 Å². The van der Waals surface area contributed by atoms with Gasteiger partial charge in [-0.15, -0.1) is 0 Å². The molecule has 6 nitrogen and oxygen atoms in total. The van der Waals surface area contributed by atoms with E-state index in [0.29, 0.717) is 5.75 Å². The summed E-state index contributed by atoms with van der Waals surface area (Å²) in [4.78, 5) is 11.1. The second-order valence-electron chi connectivity index (χ2n) is 7.78. The molecule has 0 bridgehead atoms. The molecular weight excluding hydrogens is 380 g/mol. The molecule has 0 spiro atoms. The summed E-state index contributed by atoms with van der Waals surface area (Å²) in [7, 11) is 3.29. The average Bonchev–Trinajstić information content (AvgIpc) is 3.17. The molecule has 0 aromatic heterocycles. The number of fused-ring (bicyclic) bond motifs is 5. The van der Waals surface area contributed by atoms with Gasteiger partial charge >= 0.3 is 0 Å². The quantitative estimate of drug-likeness (QED) is 0.486. The highest BCUT2D eigenvalue weighted by Gasteiger charge is 2.44. The number of hydrogen-bond donors (Lipinski definition) is 1. The molecule has 6 heteroatoms. The number of methoxy groups -OCH3 is 2. The lowest BCUT2D eigenvalue weighted by Crippen LogP contribution is -2.30. The highest BCUT2D eigenvalue weighted by atomic mass is 16.6. The lowest BCUT2D eigenvalue weighted by Gasteiger charge is -2.38. The number of hydrogen-bond acceptors (Lipinski definition) is 5. The second-order valence-corrected chi connectivity index (χ2v) is 7.78. The van der Waals surface area contributed by atoms with E-state index in [0.717, 1.165) is 29.0 Å². The van der Waals surface area contributed by atoms with Crippen LogP contribution in [0, 0.1) is 16.0 Å². The fraction of sp³-hybridized carbons (Fsp3) is 0.250. The van der Waals surface area contributed by atoms with Crippen LogP contribution in [0.25, 0.3) is 0 Å². The van der Waals surface area contributed by atoms with Crippen LogP contribution in [0.2, 0.25) is 0 Å². The van der Waals surface area contributed by atoms with E-state index in [1.807, 2.05) is 24.3 Å². The zero-order valence-electron chi connectivity index (χ0n) is 16.8. The van der Waals surface area contributed by atoms with E-state index in [4.69, 9.17) is 9.47 Å². The molecule has 3 atom stereocenters. The number of para-hydroxylation sites is 1. The number of nitro benzene ring substituents is 1. The number of nitrogens with zero attached hydrogens (tertiary/aromatic N) is 1. The number of anilines is 1. The van der Waals surface area contributed by atoms with Crippen LogP contribution in [-0.4, -0.2) is 19.1 Å². The summed E-state index contributed by atoms with van der Waals surface area (Å²) in [6.45, 7) is 0. The van der Waals surface area contributed by atoms with Crippen molar-refractivity contribution in [3.63, 3.8) is 0 Å². The SMILES string of the molecule is COc1cccc([C@H]2Nc3ccc([N+](=O)[O-])cc3[C@H]3c4ccccc4C[C@@H]32)c1OC. The molecule has 1 heterocycles. The van der Waals surface area contributed by atoms with Gasteiger partial charge in [0.2, 0.25) is 0 Å². The van der Waals surface area contributed by atoms with Crippen molar-refractivity contribution in [3.8, 4) is 11.5 Å². The van der Waals surface area contributed by atoms with E-state index >= 15 is 0 Å². The molecule has 0 saturated carbocycles. The highest BCUT2D eigenvalue weighted by Crippen LogP contribution is 2.55. The number of non-ortho nitro benzene ring substituents is 1. The Hall–Kier alpha value is -3.54. The van der Waals surface area contributed by atoms with Crippen LogP contribution in [0.15, 0.2) is 60.7 Å². The second kappa shape index (κ2) is 7.06. The fourth-order valence-corrected chi connectivity index (χ4v) is 5.13. The molecule has 1 N–H and O–H groups in total. The lowest BCUT2D eigenvalue weighted by molar-refractivity contribution is -0.384. The lowest BCUT2D eigenvalue weighted by atomic mass is 9.75. The van der Waals surface area contributed by atoms with Crippen molar-refractivity contribution in [2.24, 2.45) is 5.92 Å². The standard InChI is InChI=1S/C24H22N2O4/c1-29-21-9-5-8-17(24(21)30-2)23-19-12-14-6-3-4-7-16(14)22(19)18-13-15(26(27)28)10-11-20(18)25-23/h3-11,13,19,22-23,25H,12H2,1-2H3/t19-,22+,23+/m0/s1. The van der Waals surface area contributed by atoms with Gasteiger partial charge in [-0.25, -0.2) is 0 Å². The van der Waals surface area contributed by atoms with Gasteiger partial charge in [-0.3, -0.25) is 10.1 Å². The largest absolute Gasteiger partial charge is 0.493 e. The molecule has 2 aliphatic rings. The van der Waals surface area contributed by atoms with E-state index in [1.165, 1.54) is 11.1 Å². The Morgan fingerprint density at radius 2 is 1.77 bits per heavy atom. The van der Waals surface area contributed by atoms with E-state index in [2.05, 4.69) is 29.6 Å². The van der Waals surface area contributed by atoms with E-state index in [9.17, 15) is 10.1 Å². The third-order valence-electron chi connectivity index (χ3n) is 6.36. The smallest absolute Gasteiger partial charge is 0.269 e. The number of nitro groups is 1. The third-order valence-corrected chi connectivity index (χ3v) is 6.36. The molecule has 30 heavy (non-hydrogen) atoms. The molecule has 3 aromatic rings. The maximum absolute atomic E-state index is 11.4. The molecule has 0 radical (unpaired) electrons. The first-order valence-corrected chi connectivity index (χ1v) is 9.96. The summed E-state index contributed by atoms with van der Waals surface area (Å²) < 4.78 is 11.3. The zero-order chi connectivity index (χ0) is 20.8. The molecule has 0 saturated heterocycles. The topological polar surface area (TPSA) is 73.6 Å². The fourth-order valence-electron chi connectivity index (χ4n) is 5.13. The van der Waals surface area contributed by atoms with Crippen LogP contribution in [0.5, 0.6) is 11.5 Å². The van der Waals surface area contributed by atoms with Crippen molar-refractivity contribution in [2.45, 2.75) is 18.4 Å². The van der Waals surface area contributed by atoms with E-state index in [1.54, 1.807) is 26.4 Å². The Bertz CT molecular complexity index is 1140. The third kappa shape index (κ3) is 2.71. The van der Waals surface area contributed by atoms with Gasteiger partial charge < -0.3 is 14.8 Å². The van der Waals surface area contributed by atoms with Gasteiger partial charge in [-0.05, 0) is 41.2 Å². The minimum absolute atomic E-state index is 0.0126. The summed E-state index contributed by atoms with van der Waals surface area (Å²) in [5.74, 6) is 1.70. The summed E-state index contributed by atoms with van der Waals surface area (Å²) >= 11 is 0. The molecule has 1 aliphatic heterocycles. The first kappa shape index (κ1) is 18.5. The molecule has 5 rings (SSSR count). The predicted octanol–water partition coefficient (Wildman–Crippen LogP) is 5.08. The maximum atomic E-state index is 11.4. The first-order chi connectivity index (χ1) is 14.6. The summed E-state index contributed by atoms with van der Waals surface area (Å²) in [5.41, 5.74) is 5.60. The van der Waals surface area contributed by atoms with Crippen LogP contribution >= 0.6 is 0 Å². The summed E-state index contributed by atoms with van der Waals surface area (Å²) in [6.07, 6.45) is 0.890. The minimum Gasteiger partial charge on any atom is -0.493 e. The number of ether oxygens (including phenoxy) is 2. The summed E-state index contributed by atoms with van der Waals surface area (Å²) in [6, 6.07) is 19.4. The number of nitrogens with one attached hydrogen (secondary N) is 1. The maximum Gasteiger partial charge on any atom is 0.269 e. The van der Waals surface area contributed by atoms with E-state index < -0.39 is 0 Å². The molecule has 3 aromatic carbocycles. The normalized spacial score (nSPS) is 21.1. The number of rotatable bonds is 4. The molecule has 1 aliphatic carbocycles. The van der Waals surface area contributed by atoms with Gasteiger partial charge in [-0.1, -0.05) is 36.4 Å². The molecular formula is C24H22N2O4. The molecule has 0 amide bonds. The monoisotopic (exact) mass is 402 g/mol. The van der Waals surface area contributed by atoms with Crippen molar-refractivity contribution in [2.75, 3.05) is 19.5 Å². The van der Waals surface area contributed by atoms with Gasteiger partial charge in [0, 0.05) is 29.3 Å². The van der Waals surface area contributed by atoms with Crippen molar-refractivity contribution in [1.82, 2.24) is 0 Å². The predicted molar refractivity (Wildman–Crippen MR) is 114 cm³/mol. The average molecular weight is 402 g/mol. The molecule has 152 valence electrons. The zero-order valence-corrected chi connectivity index (χ0v) is 16.8. The molecule has 0 unspecified atom stereocenters. The van der Waals surface area contributed by atoms with Gasteiger partial charge in [0.1, 0.15) is 0 Å². The van der Waals surface area contributed by atoms with Crippen LogP contribution < -0.4 is 14.8 Å².